The number of allylic oxidation sites excluding steroid dienone is 1. The summed E-state index contributed by atoms with van der Waals surface area (Å²) in [6, 6.07) is 4.41. The highest BCUT2D eigenvalue weighted by atomic mass is 32.1. The monoisotopic (exact) mass is 688 g/mol. The first-order valence-corrected chi connectivity index (χ1v) is 17.3. The van der Waals surface area contributed by atoms with Gasteiger partial charge in [0.1, 0.15) is 39.8 Å². The van der Waals surface area contributed by atoms with E-state index < -0.39 is 47.5 Å². The van der Waals surface area contributed by atoms with Gasteiger partial charge < -0.3 is 30.7 Å². The van der Waals surface area contributed by atoms with Crippen molar-refractivity contribution in [2.45, 2.75) is 68.6 Å². The largest absolute Gasteiger partial charge is 0.497 e. The van der Waals surface area contributed by atoms with Crippen LogP contribution >= 0.6 is 11.3 Å². The number of rotatable bonds is 8. The van der Waals surface area contributed by atoms with E-state index in [2.05, 4.69) is 27.5 Å². The van der Waals surface area contributed by atoms with E-state index in [-0.39, 0.29) is 31.8 Å². The molecule has 1 aromatic carbocycles. The second-order valence-corrected chi connectivity index (χ2v) is 13.4. The lowest BCUT2D eigenvalue weighted by Gasteiger charge is -2.29. The van der Waals surface area contributed by atoms with Gasteiger partial charge in [0.2, 0.25) is 11.8 Å². The van der Waals surface area contributed by atoms with E-state index in [0.717, 1.165) is 24.8 Å². The van der Waals surface area contributed by atoms with E-state index >= 15 is 0 Å². The molecule has 14 nitrogen and oxygen atoms in total. The van der Waals surface area contributed by atoms with Crippen molar-refractivity contribution in [3.8, 4) is 27.7 Å². The molecular weight excluding hydrogens is 648 g/mol. The predicted molar refractivity (Wildman–Crippen MR) is 182 cm³/mol. The number of carboxylic acid groups (broad SMARTS) is 1. The Kier molecular flexibility index (Phi) is 10.1. The van der Waals surface area contributed by atoms with Crippen LogP contribution in [-0.2, 0) is 14.4 Å². The number of hydrogen-bond acceptors (Lipinski definition) is 9. The molecule has 258 valence electrons. The third-order valence-electron chi connectivity index (χ3n) is 9.30. The van der Waals surface area contributed by atoms with E-state index in [4.69, 9.17) is 14.9 Å². The molecule has 0 radical (unpaired) electrons. The van der Waals surface area contributed by atoms with Crippen molar-refractivity contribution < 1.29 is 29.0 Å². The van der Waals surface area contributed by atoms with E-state index in [9.17, 15) is 24.3 Å². The van der Waals surface area contributed by atoms with Crippen LogP contribution in [0.3, 0.4) is 0 Å². The number of nitrogens with zero attached hydrogens (tertiary/aromatic N) is 5. The zero-order valence-corrected chi connectivity index (χ0v) is 28.0. The fourth-order valence-electron chi connectivity index (χ4n) is 6.53. The normalized spacial score (nSPS) is 26.3. The quantitative estimate of drug-likeness (QED) is 0.258. The number of carbonyl (C=O) groups is 4. The van der Waals surface area contributed by atoms with Crippen molar-refractivity contribution in [2.24, 2.45) is 5.92 Å². The molecule has 4 N–H and O–H groups in total. The van der Waals surface area contributed by atoms with Gasteiger partial charge in [-0.25, -0.2) is 14.6 Å². The van der Waals surface area contributed by atoms with Crippen molar-refractivity contribution in [2.75, 3.05) is 20.2 Å². The van der Waals surface area contributed by atoms with Gasteiger partial charge in [-0.15, -0.1) is 23.0 Å². The SMILES string of the molecule is C=CCNC(=O)N[C@H]1CCCCC/C=C\[C@@H]2C[C@@]2(C(=O)O)NC(=O)[C@@H]2C[C@@H](n3nc(-c4ccc(OC)cc4)c(-c4nccs4)n3)CN2C1=O. The van der Waals surface area contributed by atoms with Crippen LogP contribution in [0.25, 0.3) is 22.0 Å². The molecule has 0 bridgehead atoms. The Balaban J connectivity index is 1.35. The molecule has 3 aliphatic rings. The van der Waals surface area contributed by atoms with Crippen LogP contribution in [0.15, 0.2) is 60.6 Å². The van der Waals surface area contributed by atoms with Crippen molar-refractivity contribution >= 4 is 35.2 Å². The van der Waals surface area contributed by atoms with Crippen LogP contribution in [0, 0.1) is 5.92 Å². The van der Waals surface area contributed by atoms with Gasteiger partial charge in [-0.1, -0.05) is 31.1 Å². The molecule has 3 aromatic rings. The number of benzene rings is 1. The lowest BCUT2D eigenvalue weighted by molar-refractivity contribution is -0.145. The molecule has 2 aromatic heterocycles. The number of ether oxygens (including phenoxy) is 1. The number of hydrogen-bond donors (Lipinski definition) is 4. The van der Waals surface area contributed by atoms with Crippen LogP contribution < -0.4 is 20.7 Å². The smallest absolute Gasteiger partial charge is 0.330 e. The molecule has 5 atom stereocenters. The number of urea groups is 1. The number of carbonyl (C=O) groups excluding carboxylic acids is 3. The molecule has 1 aliphatic carbocycles. The topological polar surface area (TPSA) is 181 Å². The van der Waals surface area contributed by atoms with Crippen LogP contribution in [0.1, 0.15) is 51.0 Å². The fourth-order valence-corrected chi connectivity index (χ4v) is 7.15. The van der Waals surface area contributed by atoms with Crippen molar-refractivity contribution in [1.29, 1.82) is 0 Å². The Bertz CT molecular complexity index is 1720. The highest BCUT2D eigenvalue weighted by Gasteiger charge is 2.61. The summed E-state index contributed by atoms with van der Waals surface area (Å²) >= 11 is 1.41. The van der Waals surface area contributed by atoms with Gasteiger partial charge in [0.15, 0.2) is 0 Å². The molecule has 0 spiro atoms. The van der Waals surface area contributed by atoms with Crippen molar-refractivity contribution in [3.63, 3.8) is 0 Å². The Morgan fingerprint density at radius 1 is 1.18 bits per heavy atom. The first-order chi connectivity index (χ1) is 23.7. The molecular formula is C34H40N8O6S. The average Bonchev–Trinajstić information content (AvgIpc) is 3.55. The van der Waals surface area contributed by atoms with Crippen molar-refractivity contribution in [3.05, 3.63) is 60.6 Å². The van der Waals surface area contributed by atoms with E-state index in [1.807, 2.05) is 41.8 Å². The summed E-state index contributed by atoms with van der Waals surface area (Å²) in [5, 5.41) is 30.6. The minimum atomic E-state index is -1.44. The number of thiazole rings is 1. The summed E-state index contributed by atoms with van der Waals surface area (Å²) in [5.41, 5.74) is 0.474. The third-order valence-corrected chi connectivity index (χ3v) is 10.1. The van der Waals surface area contributed by atoms with E-state index in [1.54, 1.807) is 13.3 Å². The maximum atomic E-state index is 14.3. The first-order valence-electron chi connectivity index (χ1n) is 16.4. The van der Waals surface area contributed by atoms with Crippen LogP contribution in [0.2, 0.25) is 0 Å². The van der Waals surface area contributed by atoms with Gasteiger partial charge in [0.05, 0.1) is 13.2 Å². The second-order valence-electron chi connectivity index (χ2n) is 12.5. The number of amides is 4. The van der Waals surface area contributed by atoms with Crippen molar-refractivity contribution in [1.82, 2.24) is 40.8 Å². The molecule has 0 unspecified atom stereocenters. The highest BCUT2D eigenvalue weighted by Crippen LogP contribution is 2.45. The van der Waals surface area contributed by atoms with Crippen LogP contribution in [0.4, 0.5) is 4.79 Å². The number of aliphatic carboxylic acids is 1. The summed E-state index contributed by atoms with van der Waals surface area (Å²) in [6.07, 6.45) is 10.9. The van der Waals surface area contributed by atoms with Gasteiger partial charge in [-0.2, -0.15) is 9.90 Å². The molecule has 2 fully saturated rings. The molecule has 49 heavy (non-hydrogen) atoms. The lowest BCUT2D eigenvalue weighted by atomic mass is 10.0. The predicted octanol–water partition coefficient (Wildman–Crippen LogP) is 3.55. The Morgan fingerprint density at radius 3 is 2.69 bits per heavy atom. The maximum absolute atomic E-state index is 14.3. The summed E-state index contributed by atoms with van der Waals surface area (Å²) in [7, 11) is 1.59. The molecule has 6 rings (SSSR count). The van der Waals surface area contributed by atoms with Crippen LogP contribution in [-0.4, -0.2) is 91.6 Å². The summed E-state index contributed by atoms with van der Waals surface area (Å²) < 4.78 is 5.32. The zero-order chi connectivity index (χ0) is 34.5. The average molecular weight is 689 g/mol. The number of nitrogens with one attached hydrogen (secondary N) is 3. The van der Waals surface area contributed by atoms with Gasteiger partial charge in [-0.05, 0) is 49.9 Å². The van der Waals surface area contributed by atoms with Gasteiger partial charge in [-0.3, -0.25) is 9.59 Å². The van der Waals surface area contributed by atoms with Gasteiger partial charge in [0, 0.05) is 42.6 Å². The molecule has 1 saturated heterocycles. The van der Waals surface area contributed by atoms with E-state index in [1.165, 1.54) is 27.1 Å². The zero-order valence-electron chi connectivity index (χ0n) is 27.2. The third kappa shape index (κ3) is 7.21. The number of methoxy groups -OCH3 is 1. The highest BCUT2D eigenvalue weighted by molar-refractivity contribution is 7.13. The minimum absolute atomic E-state index is 0.0703. The van der Waals surface area contributed by atoms with E-state index in [0.29, 0.717) is 35.0 Å². The summed E-state index contributed by atoms with van der Waals surface area (Å²) in [4.78, 5) is 61.0. The Morgan fingerprint density at radius 2 is 1.98 bits per heavy atom. The second kappa shape index (κ2) is 14.6. The molecule has 4 heterocycles. The lowest BCUT2D eigenvalue weighted by Crippen LogP contribution is -2.57. The van der Waals surface area contributed by atoms with Gasteiger partial charge in [0.25, 0.3) is 0 Å². The van der Waals surface area contributed by atoms with Crippen LogP contribution in [0.5, 0.6) is 5.75 Å². The number of aromatic nitrogens is 4. The minimum Gasteiger partial charge on any atom is -0.497 e. The summed E-state index contributed by atoms with van der Waals surface area (Å²) in [6.45, 7) is 3.91. The van der Waals surface area contributed by atoms with Gasteiger partial charge >= 0.3 is 12.0 Å². The fraction of sp³-hybridized carbons (Fsp3) is 0.441. The summed E-state index contributed by atoms with van der Waals surface area (Å²) in [5.74, 6) is -1.77. The molecule has 2 aliphatic heterocycles. The molecule has 15 heteroatoms. The maximum Gasteiger partial charge on any atom is 0.330 e. The molecule has 1 saturated carbocycles. The standard InChI is InChI=1S/C34H40N8O6S/c1-3-15-36-33(47)37-25-10-8-6-4-5-7-9-22-19-34(22,32(45)46)38-29(43)26-18-23(20-41(26)31(25)44)42-39-27(21-11-13-24(48-2)14-12-21)28(40-42)30-35-16-17-49-30/h3,7,9,11-14,16-17,22-23,25-26H,1,4-6,8,10,15,18-20H2,2H3,(H,38,43)(H,45,46)(H2,36,37,47)/b9-7-/t22-,23-,25+,26+,34-/m1/s1. The Hall–Kier alpha value is -5.05. The number of fused-ring (bicyclic) bond motifs is 2. The number of carboxylic acids is 1. The molecule has 4 amide bonds. The first kappa shape index (κ1) is 33.8. The Labute approximate surface area is 287 Å².